The molecular formula is C46H58N8O8S2. The van der Waals surface area contributed by atoms with Crippen LogP contribution < -0.4 is 10.6 Å². The van der Waals surface area contributed by atoms with Crippen LogP contribution in [0.4, 0.5) is 9.59 Å². The number of hydrogen-bond donors (Lipinski definition) is 4. The van der Waals surface area contributed by atoms with Crippen molar-refractivity contribution in [3.63, 3.8) is 0 Å². The van der Waals surface area contributed by atoms with Gasteiger partial charge in [-0.05, 0) is 109 Å². The van der Waals surface area contributed by atoms with E-state index in [0.717, 1.165) is 81.5 Å². The molecule has 6 heterocycles. The quantitative estimate of drug-likeness (QED) is 0.118. The topological polar surface area (TPSA) is 193 Å². The summed E-state index contributed by atoms with van der Waals surface area (Å²) in [5.74, 6) is 1.17. The van der Waals surface area contributed by atoms with Crippen LogP contribution in [0.5, 0.6) is 0 Å². The number of hydrogen-bond acceptors (Lipinski definition) is 10. The number of carbonyl (C=O) groups is 4. The highest BCUT2D eigenvalue weighted by molar-refractivity contribution is 7.59. The van der Waals surface area contributed by atoms with Crippen molar-refractivity contribution in [2.24, 2.45) is 11.8 Å². The zero-order valence-corrected chi connectivity index (χ0v) is 38.2. The summed E-state index contributed by atoms with van der Waals surface area (Å²) in [5, 5.41) is 7.80. The normalized spacial score (nSPS) is 20.3. The van der Waals surface area contributed by atoms with Crippen LogP contribution >= 0.6 is 27.0 Å². The highest BCUT2D eigenvalue weighted by atomic mass is 32.1. The van der Waals surface area contributed by atoms with Gasteiger partial charge in [-0.3, -0.25) is 9.59 Å². The number of benzene rings is 3. The van der Waals surface area contributed by atoms with E-state index in [9.17, 15) is 19.2 Å². The number of aromatic amines is 2. The second-order valence-corrected chi connectivity index (χ2v) is 16.8. The summed E-state index contributed by atoms with van der Waals surface area (Å²) in [5.41, 5.74) is 5.65. The summed E-state index contributed by atoms with van der Waals surface area (Å²) >= 11 is 0. The molecule has 4 saturated heterocycles. The first-order chi connectivity index (χ1) is 30.3. The molecule has 4 aliphatic rings. The molecule has 4 N–H and O–H groups in total. The third-order valence-electron chi connectivity index (χ3n) is 13.2. The van der Waals surface area contributed by atoms with Gasteiger partial charge in [0.05, 0.1) is 49.2 Å². The van der Waals surface area contributed by atoms with Gasteiger partial charge in [0.25, 0.3) is 0 Å². The fourth-order valence-corrected chi connectivity index (χ4v) is 9.83. The SMILES string of the molecule is COC(=O)NC(C(=O)N1CCC[C@H]1c1ncc(-c2ccc3cc(-c4ccc5nc([C@@H]6CCCN6C(=O)C(NC(=O)OC)C6CCOCC6)[nH]c5c4)ccc3c2)[nH]1)C1CCOCC1.S.S. The highest BCUT2D eigenvalue weighted by Gasteiger charge is 2.42. The van der Waals surface area contributed by atoms with Crippen LogP contribution in [0.15, 0.2) is 60.8 Å². The molecule has 4 amide bonds. The Morgan fingerprint density at radius 1 is 0.656 bits per heavy atom. The van der Waals surface area contributed by atoms with Gasteiger partial charge in [-0.1, -0.05) is 30.3 Å². The summed E-state index contributed by atoms with van der Waals surface area (Å²) in [4.78, 5) is 73.2. The van der Waals surface area contributed by atoms with Gasteiger partial charge in [-0.25, -0.2) is 19.6 Å². The number of ether oxygens (including phenoxy) is 4. The second-order valence-electron chi connectivity index (χ2n) is 16.8. The van der Waals surface area contributed by atoms with Gasteiger partial charge < -0.3 is 49.3 Å². The predicted octanol–water partition coefficient (Wildman–Crippen LogP) is 6.63. The third-order valence-corrected chi connectivity index (χ3v) is 13.2. The molecule has 64 heavy (non-hydrogen) atoms. The maximum atomic E-state index is 14.1. The van der Waals surface area contributed by atoms with Gasteiger partial charge in [-0.15, -0.1) is 0 Å². The minimum Gasteiger partial charge on any atom is -0.453 e. The van der Waals surface area contributed by atoms with Gasteiger partial charge in [0.15, 0.2) is 0 Å². The number of rotatable bonds is 10. The number of amides is 4. The van der Waals surface area contributed by atoms with Gasteiger partial charge in [0, 0.05) is 45.1 Å². The molecule has 4 atom stereocenters. The molecule has 0 bridgehead atoms. The first kappa shape index (κ1) is 46.7. The monoisotopic (exact) mass is 914 g/mol. The van der Waals surface area contributed by atoms with Crippen LogP contribution in [0, 0.1) is 11.8 Å². The Kier molecular flexibility index (Phi) is 15.1. The van der Waals surface area contributed by atoms with Crippen LogP contribution in [-0.4, -0.2) is 120 Å². The molecule has 2 aromatic heterocycles. The Morgan fingerprint density at radius 2 is 1.16 bits per heavy atom. The van der Waals surface area contributed by atoms with Crippen molar-refractivity contribution in [3.8, 4) is 22.4 Å². The van der Waals surface area contributed by atoms with Gasteiger partial charge >= 0.3 is 12.2 Å². The number of nitrogens with zero attached hydrogens (tertiary/aromatic N) is 4. The molecular weight excluding hydrogens is 857 g/mol. The van der Waals surface area contributed by atoms with Crippen molar-refractivity contribution in [1.82, 2.24) is 40.4 Å². The maximum Gasteiger partial charge on any atom is 0.407 e. The molecule has 5 aromatic rings. The molecule has 18 heteroatoms. The second kappa shape index (κ2) is 20.7. The number of likely N-dealkylation sites (tertiary alicyclic amines) is 2. The van der Waals surface area contributed by atoms with E-state index in [2.05, 4.69) is 69.1 Å². The van der Waals surface area contributed by atoms with Crippen molar-refractivity contribution in [2.45, 2.75) is 75.5 Å². The molecule has 16 nitrogen and oxygen atoms in total. The molecule has 9 rings (SSSR count). The van der Waals surface area contributed by atoms with E-state index in [4.69, 9.17) is 28.9 Å². The molecule has 0 radical (unpaired) electrons. The van der Waals surface area contributed by atoms with Crippen molar-refractivity contribution >= 4 is 72.8 Å². The molecule has 4 fully saturated rings. The summed E-state index contributed by atoms with van der Waals surface area (Å²) in [7, 11) is 2.62. The van der Waals surface area contributed by atoms with E-state index < -0.39 is 24.3 Å². The Labute approximate surface area is 385 Å². The summed E-state index contributed by atoms with van der Waals surface area (Å²) in [6.07, 6.45) is 6.59. The number of nitrogens with one attached hydrogen (secondary N) is 4. The van der Waals surface area contributed by atoms with Crippen LogP contribution in [0.2, 0.25) is 0 Å². The van der Waals surface area contributed by atoms with Crippen LogP contribution in [0.3, 0.4) is 0 Å². The van der Waals surface area contributed by atoms with Crippen LogP contribution in [-0.2, 0) is 28.5 Å². The van der Waals surface area contributed by atoms with Gasteiger partial charge in [0.1, 0.15) is 23.7 Å². The fourth-order valence-electron chi connectivity index (χ4n) is 9.83. The lowest BCUT2D eigenvalue weighted by Crippen LogP contribution is -2.53. The number of aromatic nitrogens is 4. The standard InChI is InChI=1S/C46H54N8O8.2H2S/c1-59-45(57)51-39(27-13-19-61-20-14-27)43(55)53-17-3-5-37(53)41-47-26-36(50-41)33-10-9-29-23-30(7-8-31(29)24-33)32-11-12-34-35(25-32)49-42(48-34)38-6-4-18-54(38)44(56)40(52-46(58)60-2)28-15-21-62-22-16-28;;/h7-12,23-28,37-40H,3-6,13-22H2,1-2H3,(H,47,50)(H,48,49)(H,51,57)(H,52,58);2*1H2/t37-,38-,39?,40?;;/m0../s1. The lowest BCUT2D eigenvalue weighted by molar-refractivity contribution is -0.137. The van der Waals surface area contributed by atoms with E-state index in [1.807, 2.05) is 22.1 Å². The zero-order chi connectivity index (χ0) is 42.7. The first-order valence-electron chi connectivity index (χ1n) is 21.8. The first-order valence-corrected chi connectivity index (χ1v) is 21.8. The summed E-state index contributed by atoms with van der Waals surface area (Å²) in [6, 6.07) is 17.1. The van der Waals surface area contributed by atoms with E-state index in [1.165, 1.54) is 14.2 Å². The van der Waals surface area contributed by atoms with E-state index >= 15 is 0 Å². The van der Waals surface area contributed by atoms with E-state index in [1.54, 1.807) is 0 Å². The molecule has 2 unspecified atom stereocenters. The lowest BCUT2D eigenvalue weighted by atomic mass is 9.90. The van der Waals surface area contributed by atoms with E-state index in [0.29, 0.717) is 65.2 Å². The maximum absolute atomic E-state index is 14.1. The molecule has 4 aliphatic heterocycles. The minimum atomic E-state index is -0.691. The molecule has 0 spiro atoms. The fraction of sp³-hybridized carbons (Fsp3) is 0.478. The Balaban J connectivity index is 0.00000306. The van der Waals surface area contributed by atoms with Crippen molar-refractivity contribution in [2.75, 3.05) is 53.7 Å². The lowest BCUT2D eigenvalue weighted by Gasteiger charge is -2.34. The van der Waals surface area contributed by atoms with Gasteiger partial charge in [-0.2, -0.15) is 27.0 Å². The molecule has 0 saturated carbocycles. The Morgan fingerprint density at radius 3 is 1.72 bits per heavy atom. The highest BCUT2D eigenvalue weighted by Crippen LogP contribution is 2.37. The number of imidazole rings is 2. The summed E-state index contributed by atoms with van der Waals surface area (Å²) in [6.45, 7) is 3.40. The molecule has 3 aromatic carbocycles. The molecule has 0 aliphatic carbocycles. The number of fused-ring (bicyclic) bond motifs is 2. The van der Waals surface area contributed by atoms with Crippen molar-refractivity contribution in [1.29, 1.82) is 0 Å². The number of alkyl carbamates (subject to hydrolysis) is 2. The number of methoxy groups -OCH3 is 2. The Hall–Kier alpha value is -5.30. The number of H-pyrrole nitrogens is 2. The smallest absolute Gasteiger partial charge is 0.407 e. The average molecular weight is 915 g/mol. The van der Waals surface area contributed by atoms with Crippen LogP contribution in [0.1, 0.15) is 75.1 Å². The van der Waals surface area contributed by atoms with Gasteiger partial charge in [0.2, 0.25) is 11.8 Å². The van der Waals surface area contributed by atoms with Crippen LogP contribution in [0.25, 0.3) is 44.2 Å². The predicted molar refractivity (Wildman–Crippen MR) is 250 cm³/mol. The Bertz CT molecular complexity index is 2450. The van der Waals surface area contributed by atoms with E-state index in [-0.39, 0.29) is 62.7 Å². The number of carbonyl (C=O) groups excluding carboxylic acids is 4. The third kappa shape index (κ3) is 9.70. The molecule has 342 valence electrons. The minimum absolute atomic E-state index is 0. The summed E-state index contributed by atoms with van der Waals surface area (Å²) < 4.78 is 20.8. The zero-order valence-electron chi connectivity index (χ0n) is 36.2. The van der Waals surface area contributed by atoms with Crippen molar-refractivity contribution < 1.29 is 38.1 Å². The largest absolute Gasteiger partial charge is 0.453 e. The van der Waals surface area contributed by atoms with Crippen molar-refractivity contribution in [3.05, 3.63) is 72.4 Å². The average Bonchev–Trinajstić information content (AvgIpc) is 4.16.